The smallest absolute Gasteiger partial charge is 0.324 e. The fourth-order valence-electron chi connectivity index (χ4n) is 2.56. The van der Waals surface area contributed by atoms with E-state index in [0.717, 1.165) is 29.5 Å². The first-order valence-corrected chi connectivity index (χ1v) is 8.58. The Bertz CT molecular complexity index is 498. The first-order valence-electron chi connectivity index (χ1n) is 6.65. The molecule has 20 heavy (non-hydrogen) atoms. The molecule has 1 aliphatic rings. The number of nitrogens with one attached hydrogen (secondary N) is 1. The van der Waals surface area contributed by atoms with E-state index in [9.17, 15) is 14.9 Å². The number of amides is 1. The lowest BCUT2D eigenvalue weighted by Crippen LogP contribution is -2.40. The minimum absolute atomic E-state index is 0.00280. The van der Waals surface area contributed by atoms with Crippen molar-refractivity contribution in [2.75, 3.05) is 11.9 Å². The average molecular weight is 361 g/mol. The van der Waals surface area contributed by atoms with Gasteiger partial charge in [0, 0.05) is 17.9 Å². The zero-order chi connectivity index (χ0) is 14.6. The van der Waals surface area contributed by atoms with Gasteiger partial charge in [-0.05, 0) is 24.3 Å². The van der Waals surface area contributed by atoms with Crippen LogP contribution >= 0.6 is 27.3 Å². The molecular formula is C13H17BrN2O3S. The van der Waals surface area contributed by atoms with Gasteiger partial charge in [-0.25, -0.2) is 0 Å². The van der Waals surface area contributed by atoms with Crippen molar-refractivity contribution in [2.24, 2.45) is 5.41 Å². The van der Waals surface area contributed by atoms with Crippen LogP contribution in [0, 0.1) is 15.5 Å². The number of nitro groups is 1. The normalized spacial score (nSPS) is 17.6. The van der Waals surface area contributed by atoms with Crippen LogP contribution in [0.15, 0.2) is 12.1 Å². The molecule has 0 atom stereocenters. The molecule has 0 aliphatic heterocycles. The Labute approximate surface area is 130 Å². The molecule has 110 valence electrons. The summed E-state index contributed by atoms with van der Waals surface area (Å²) in [5, 5.41) is 14.4. The van der Waals surface area contributed by atoms with Gasteiger partial charge < -0.3 is 5.32 Å². The van der Waals surface area contributed by atoms with Gasteiger partial charge in [0.25, 0.3) is 5.91 Å². The molecule has 5 nitrogen and oxygen atoms in total. The van der Waals surface area contributed by atoms with Gasteiger partial charge in [0.2, 0.25) is 0 Å². The first kappa shape index (κ1) is 15.4. The zero-order valence-corrected chi connectivity index (χ0v) is 13.5. The Morgan fingerprint density at radius 1 is 1.40 bits per heavy atom. The monoisotopic (exact) mass is 360 g/mol. The summed E-state index contributed by atoms with van der Waals surface area (Å²) >= 11 is 4.48. The van der Waals surface area contributed by atoms with Crippen LogP contribution in [-0.2, 0) is 0 Å². The molecule has 1 N–H and O–H groups in total. The number of carbonyl (C=O) groups excluding carboxylic acids is 1. The standard InChI is InChI=1S/C13H17BrN2O3S/c14-8-13(6-2-1-3-7-13)9-15-12(17)10-4-5-11(20-10)16(18)19/h4-5H,1-3,6-9H2,(H,15,17). The van der Waals surface area contributed by atoms with Crippen LogP contribution in [0.5, 0.6) is 0 Å². The lowest BCUT2D eigenvalue weighted by molar-refractivity contribution is -0.380. The topological polar surface area (TPSA) is 72.2 Å². The number of hydrogen-bond acceptors (Lipinski definition) is 4. The predicted molar refractivity (Wildman–Crippen MR) is 82.6 cm³/mol. The van der Waals surface area contributed by atoms with Crippen LogP contribution in [0.1, 0.15) is 41.8 Å². The van der Waals surface area contributed by atoms with Gasteiger partial charge in [-0.3, -0.25) is 14.9 Å². The maximum absolute atomic E-state index is 12.0. The van der Waals surface area contributed by atoms with Crippen molar-refractivity contribution < 1.29 is 9.72 Å². The molecule has 1 aromatic heterocycles. The van der Waals surface area contributed by atoms with E-state index in [4.69, 9.17) is 0 Å². The largest absolute Gasteiger partial charge is 0.351 e. The zero-order valence-electron chi connectivity index (χ0n) is 11.1. The van der Waals surface area contributed by atoms with E-state index in [2.05, 4.69) is 21.2 Å². The Hall–Kier alpha value is -0.950. The predicted octanol–water partition coefficient (Wildman–Crippen LogP) is 3.73. The Morgan fingerprint density at radius 2 is 2.10 bits per heavy atom. The van der Waals surface area contributed by atoms with Crippen LogP contribution in [-0.4, -0.2) is 22.7 Å². The van der Waals surface area contributed by atoms with Gasteiger partial charge in [-0.15, -0.1) is 0 Å². The highest BCUT2D eigenvalue weighted by Crippen LogP contribution is 2.37. The molecule has 0 unspecified atom stereocenters. The molecule has 1 aliphatic carbocycles. The van der Waals surface area contributed by atoms with Crippen molar-refractivity contribution in [3.8, 4) is 0 Å². The number of halogens is 1. The number of thiophene rings is 1. The maximum atomic E-state index is 12.0. The molecule has 1 fully saturated rings. The van der Waals surface area contributed by atoms with Gasteiger partial charge in [0.15, 0.2) is 0 Å². The summed E-state index contributed by atoms with van der Waals surface area (Å²) in [5.74, 6) is -0.214. The molecule has 1 amide bonds. The van der Waals surface area contributed by atoms with Crippen molar-refractivity contribution in [3.63, 3.8) is 0 Å². The van der Waals surface area contributed by atoms with Crippen molar-refractivity contribution in [1.29, 1.82) is 0 Å². The number of hydrogen-bond donors (Lipinski definition) is 1. The third kappa shape index (κ3) is 3.58. The molecule has 0 spiro atoms. The molecule has 0 aromatic carbocycles. The van der Waals surface area contributed by atoms with Crippen LogP contribution in [0.3, 0.4) is 0 Å². The fourth-order valence-corrected chi connectivity index (χ4v) is 4.06. The van der Waals surface area contributed by atoms with E-state index < -0.39 is 4.92 Å². The highest BCUT2D eigenvalue weighted by atomic mass is 79.9. The lowest BCUT2D eigenvalue weighted by Gasteiger charge is -2.35. The van der Waals surface area contributed by atoms with Crippen molar-refractivity contribution in [3.05, 3.63) is 27.1 Å². The number of carbonyl (C=O) groups is 1. The molecule has 0 saturated heterocycles. The summed E-state index contributed by atoms with van der Waals surface area (Å²) in [4.78, 5) is 22.6. The van der Waals surface area contributed by atoms with Crippen LogP contribution in [0.4, 0.5) is 5.00 Å². The summed E-state index contributed by atoms with van der Waals surface area (Å²) in [6.07, 6.45) is 5.89. The van der Waals surface area contributed by atoms with E-state index in [1.54, 1.807) is 0 Å². The molecule has 0 radical (unpaired) electrons. The SMILES string of the molecule is O=C(NCC1(CBr)CCCCC1)c1ccc([N+](=O)[O-])s1. The Morgan fingerprint density at radius 3 is 2.65 bits per heavy atom. The second-order valence-electron chi connectivity index (χ2n) is 5.27. The molecule has 0 bridgehead atoms. The van der Waals surface area contributed by atoms with Gasteiger partial charge in [-0.1, -0.05) is 46.5 Å². The molecule has 1 heterocycles. The summed E-state index contributed by atoms with van der Waals surface area (Å²) in [6.45, 7) is 0.628. The summed E-state index contributed by atoms with van der Waals surface area (Å²) in [7, 11) is 0. The van der Waals surface area contributed by atoms with E-state index in [-0.39, 0.29) is 16.3 Å². The van der Waals surface area contributed by atoms with E-state index in [1.165, 1.54) is 31.4 Å². The second kappa shape index (κ2) is 6.67. The third-order valence-electron chi connectivity index (χ3n) is 3.82. The fraction of sp³-hybridized carbons (Fsp3) is 0.615. The van der Waals surface area contributed by atoms with Crippen molar-refractivity contribution >= 4 is 38.2 Å². The Kier molecular flexibility index (Phi) is 5.15. The van der Waals surface area contributed by atoms with Gasteiger partial charge in [0.1, 0.15) is 0 Å². The average Bonchev–Trinajstić information content (AvgIpc) is 2.96. The van der Waals surface area contributed by atoms with Crippen LogP contribution < -0.4 is 5.32 Å². The highest BCUT2D eigenvalue weighted by Gasteiger charge is 2.31. The van der Waals surface area contributed by atoms with Crippen molar-refractivity contribution in [2.45, 2.75) is 32.1 Å². The summed E-state index contributed by atoms with van der Waals surface area (Å²) < 4.78 is 0. The Balaban J connectivity index is 1.95. The van der Waals surface area contributed by atoms with Crippen molar-refractivity contribution in [1.82, 2.24) is 5.32 Å². The first-order chi connectivity index (χ1) is 9.56. The van der Waals surface area contributed by atoms with E-state index >= 15 is 0 Å². The molecule has 1 saturated carbocycles. The molecule has 7 heteroatoms. The van der Waals surface area contributed by atoms with Gasteiger partial charge in [0.05, 0.1) is 9.80 Å². The molecular weight excluding hydrogens is 344 g/mol. The number of nitrogens with zero attached hydrogens (tertiary/aromatic N) is 1. The second-order valence-corrected chi connectivity index (χ2v) is 6.89. The minimum atomic E-state index is -0.470. The highest BCUT2D eigenvalue weighted by molar-refractivity contribution is 9.09. The lowest BCUT2D eigenvalue weighted by atomic mass is 9.75. The number of alkyl halides is 1. The quantitative estimate of drug-likeness (QED) is 0.493. The minimum Gasteiger partial charge on any atom is -0.351 e. The summed E-state index contributed by atoms with van der Waals surface area (Å²) in [6, 6.07) is 2.89. The van der Waals surface area contributed by atoms with E-state index in [0.29, 0.717) is 11.4 Å². The third-order valence-corrected chi connectivity index (χ3v) is 6.04. The van der Waals surface area contributed by atoms with Gasteiger partial charge in [-0.2, -0.15) is 0 Å². The molecule has 2 rings (SSSR count). The van der Waals surface area contributed by atoms with Gasteiger partial charge >= 0.3 is 5.00 Å². The molecule has 1 aromatic rings. The summed E-state index contributed by atoms with van der Waals surface area (Å²) in [5.41, 5.74) is 0.136. The maximum Gasteiger partial charge on any atom is 0.324 e. The van der Waals surface area contributed by atoms with Crippen LogP contribution in [0.2, 0.25) is 0 Å². The van der Waals surface area contributed by atoms with E-state index in [1.807, 2.05) is 0 Å². The van der Waals surface area contributed by atoms with Crippen LogP contribution in [0.25, 0.3) is 0 Å². The number of rotatable bonds is 5.